The fourth-order valence-corrected chi connectivity index (χ4v) is 3.80. The highest BCUT2D eigenvalue weighted by Crippen LogP contribution is 2.32. The van der Waals surface area contributed by atoms with Crippen LogP contribution in [0.4, 0.5) is 0 Å². The molecule has 8 heteroatoms. The van der Waals surface area contributed by atoms with Crippen LogP contribution in [0, 0.1) is 0 Å². The number of likely N-dealkylation sites (N-methyl/N-ethyl adjacent to an activating group) is 1. The van der Waals surface area contributed by atoms with Gasteiger partial charge < -0.3 is 19.4 Å². The summed E-state index contributed by atoms with van der Waals surface area (Å²) in [5.41, 5.74) is -0.356. The fourth-order valence-electron chi connectivity index (χ4n) is 3.80. The second kappa shape index (κ2) is 8.84. The molecule has 0 N–H and O–H groups in total. The van der Waals surface area contributed by atoms with Crippen molar-refractivity contribution in [2.75, 3.05) is 53.4 Å². The lowest BCUT2D eigenvalue weighted by Gasteiger charge is -2.40. The zero-order valence-corrected chi connectivity index (χ0v) is 16.5. The molecule has 8 nitrogen and oxygen atoms in total. The molecule has 0 aliphatic carbocycles. The number of carbonyl (C=O) groups is 2. The maximum atomic E-state index is 12.7. The first-order valence-electron chi connectivity index (χ1n) is 9.79. The van der Waals surface area contributed by atoms with Gasteiger partial charge in [-0.25, -0.2) is 0 Å². The highest BCUT2D eigenvalue weighted by molar-refractivity contribution is 5.85. The van der Waals surface area contributed by atoms with Crippen LogP contribution in [0.3, 0.4) is 0 Å². The number of aryl methyl sites for hydroxylation is 1. The Kier molecular flexibility index (Phi) is 6.49. The molecule has 0 aromatic carbocycles. The monoisotopic (exact) mass is 377 g/mol. The number of hydrogen-bond donors (Lipinski definition) is 0. The van der Waals surface area contributed by atoms with Crippen LogP contribution in [0.5, 0.6) is 0 Å². The van der Waals surface area contributed by atoms with Crippen molar-refractivity contribution in [3.63, 3.8) is 0 Å². The van der Waals surface area contributed by atoms with Crippen molar-refractivity contribution < 1.29 is 14.3 Å². The number of hydrogen-bond acceptors (Lipinski definition) is 5. The minimum absolute atomic E-state index is 0.0369. The van der Waals surface area contributed by atoms with E-state index in [-0.39, 0.29) is 24.0 Å². The van der Waals surface area contributed by atoms with Crippen LogP contribution < -0.4 is 0 Å². The molecule has 1 spiro atoms. The van der Waals surface area contributed by atoms with Crippen LogP contribution in [0.25, 0.3) is 0 Å². The Hall–Kier alpha value is -1.93. The van der Waals surface area contributed by atoms with Gasteiger partial charge in [0.25, 0.3) is 0 Å². The van der Waals surface area contributed by atoms with E-state index in [0.29, 0.717) is 19.6 Å². The van der Waals surface area contributed by atoms with E-state index in [9.17, 15) is 9.59 Å². The predicted octanol–water partition coefficient (Wildman–Crippen LogP) is 0.445. The average molecular weight is 377 g/mol. The molecule has 0 saturated carbocycles. The molecule has 27 heavy (non-hydrogen) atoms. The summed E-state index contributed by atoms with van der Waals surface area (Å²) < 4.78 is 8.12. The Morgan fingerprint density at radius 1 is 1.26 bits per heavy atom. The lowest BCUT2D eigenvalue weighted by Crippen LogP contribution is -2.48. The van der Waals surface area contributed by atoms with Crippen LogP contribution in [-0.4, -0.2) is 95.3 Å². The molecular formula is C19H31N5O3. The molecule has 2 saturated heterocycles. The fraction of sp³-hybridized carbons (Fsp3) is 0.737. The second-order valence-electron chi connectivity index (χ2n) is 7.78. The van der Waals surface area contributed by atoms with Gasteiger partial charge in [0.05, 0.1) is 25.2 Å². The number of piperidine rings is 1. The molecular weight excluding hydrogens is 346 g/mol. The number of amides is 2. The van der Waals surface area contributed by atoms with Crippen LogP contribution >= 0.6 is 0 Å². The largest absolute Gasteiger partial charge is 0.373 e. The maximum Gasteiger partial charge on any atom is 0.241 e. The first-order chi connectivity index (χ1) is 13.0. The summed E-state index contributed by atoms with van der Waals surface area (Å²) in [4.78, 5) is 30.2. The molecule has 1 aromatic rings. The van der Waals surface area contributed by atoms with Crippen LogP contribution in [0.2, 0.25) is 0 Å². The number of ether oxygens (including phenoxy) is 1. The van der Waals surface area contributed by atoms with Crippen molar-refractivity contribution in [1.82, 2.24) is 24.5 Å². The van der Waals surface area contributed by atoms with E-state index in [2.05, 4.69) is 10.00 Å². The SMILES string of the molecule is CN(C)C(=O)CN1CCOC2(CCN(CCCn3cccn3)CC2)CC1=O. The Bertz CT molecular complexity index is 623. The van der Waals surface area contributed by atoms with E-state index in [0.717, 1.165) is 45.4 Å². The minimum Gasteiger partial charge on any atom is -0.373 e. The number of carbonyl (C=O) groups excluding carboxylic acids is 2. The van der Waals surface area contributed by atoms with Gasteiger partial charge in [-0.3, -0.25) is 14.3 Å². The highest BCUT2D eigenvalue weighted by Gasteiger charge is 2.40. The Labute approximate surface area is 161 Å². The summed E-state index contributed by atoms with van der Waals surface area (Å²) in [6.07, 6.45) is 6.99. The Morgan fingerprint density at radius 2 is 2.04 bits per heavy atom. The molecule has 1 aromatic heterocycles. The topological polar surface area (TPSA) is 70.9 Å². The molecule has 0 bridgehead atoms. The molecule has 3 rings (SSSR count). The van der Waals surface area contributed by atoms with E-state index >= 15 is 0 Å². The number of rotatable bonds is 6. The summed E-state index contributed by atoms with van der Waals surface area (Å²) in [6.45, 7) is 5.00. The van der Waals surface area contributed by atoms with Gasteiger partial charge in [0, 0.05) is 52.7 Å². The predicted molar refractivity (Wildman–Crippen MR) is 101 cm³/mol. The Morgan fingerprint density at radius 3 is 2.70 bits per heavy atom. The van der Waals surface area contributed by atoms with Crippen molar-refractivity contribution in [3.8, 4) is 0 Å². The number of nitrogens with zero attached hydrogens (tertiary/aromatic N) is 5. The molecule has 2 aliphatic heterocycles. The molecule has 150 valence electrons. The molecule has 0 unspecified atom stereocenters. The van der Waals surface area contributed by atoms with E-state index < -0.39 is 0 Å². The highest BCUT2D eigenvalue weighted by atomic mass is 16.5. The Balaban J connectivity index is 1.45. The molecule has 3 heterocycles. The minimum atomic E-state index is -0.356. The van der Waals surface area contributed by atoms with Gasteiger partial charge in [-0.1, -0.05) is 0 Å². The van der Waals surface area contributed by atoms with Crippen molar-refractivity contribution >= 4 is 11.8 Å². The summed E-state index contributed by atoms with van der Waals surface area (Å²) in [7, 11) is 3.43. The van der Waals surface area contributed by atoms with E-state index in [1.54, 1.807) is 25.2 Å². The van der Waals surface area contributed by atoms with Crippen LogP contribution in [0.15, 0.2) is 18.5 Å². The molecule has 2 amide bonds. The van der Waals surface area contributed by atoms with Gasteiger partial charge in [-0.15, -0.1) is 0 Å². The molecule has 2 fully saturated rings. The third-order valence-electron chi connectivity index (χ3n) is 5.61. The first-order valence-corrected chi connectivity index (χ1v) is 9.79. The zero-order valence-electron chi connectivity index (χ0n) is 16.5. The molecule has 0 radical (unpaired) electrons. The van der Waals surface area contributed by atoms with Crippen LogP contribution in [-0.2, 0) is 20.9 Å². The first kappa shape index (κ1) is 19.8. The lowest BCUT2D eigenvalue weighted by atomic mass is 9.87. The van der Waals surface area contributed by atoms with Crippen molar-refractivity contribution in [1.29, 1.82) is 0 Å². The zero-order chi connectivity index (χ0) is 19.3. The van der Waals surface area contributed by atoms with Crippen molar-refractivity contribution in [2.45, 2.75) is 37.8 Å². The summed E-state index contributed by atoms with van der Waals surface area (Å²) in [5.74, 6) is -0.0128. The van der Waals surface area contributed by atoms with Gasteiger partial charge in [-0.2, -0.15) is 5.10 Å². The van der Waals surface area contributed by atoms with Gasteiger partial charge in [0.15, 0.2) is 0 Å². The average Bonchev–Trinajstić information content (AvgIpc) is 3.10. The van der Waals surface area contributed by atoms with Crippen molar-refractivity contribution in [2.24, 2.45) is 0 Å². The third kappa shape index (κ3) is 5.29. The maximum absolute atomic E-state index is 12.7. The van der Waals surface area contributed by atoms with Crippen molar-refractivity contribution in [3.05, 3.63) is 18.5 Å². The van der Waals surface area contributed by atoms with Crippen LogP contribution in [0.1, 0.15) is 25.7 Å². The van der Waals surface area contributed by atoms with E-state index in [1.807, 2.05) is 16.9 Å². The third-order valence-corrected chi connectivity index (χ3v) is 5.61. The number of aromatic nitrogens is 2. The van der Waals surface area contributed by atoms with E-state index in [1.165, 1.54) is 4.90 Å². The summed E-state index contributed by atoms with van der Waals surface area (Å²) >= 11 is 0. The van der Waals surface area contributed by atoms with Gasteiger partial charge in [0.2, 0.25) is 11.8 Å². The van der Waals surface area contributed by atoms with E-state index in [4.69, 9.17) is 4.74 Å². The second-order valence-corrected chi connectivity index (χ2v) is 7.78. The smallest absolute Gasteiger partial charge is 0.241 e. The molecule has 0 atom stereocenters. The standard InChI is InChI=1S/C19H31N5O3/c1-21(2)18(26)16-23-13-14-27-19(15-17(23)25)5-11-22(12-6-19)8-4-10-24-9-3-7-20-24/h3,7,9H,4-6,8,10-16H2,1-2H3. The quantitative estimate of drug-likeness (QED) is 0.720. The molecule has 2 aliphatic rings. The van der Waals surface area contributed by atoms with Gasteiger partial charge in [-0.05, 0) is 31.9 Å². The lowest BCUT2D eigenvalue weighted by molar-refractivity contribution is -0.140. The van der Waals surface area contributed by atoms with Gasteiger partial charge >= 0.3 is 0 Å². The summed E-state index contributed by atoms with van der Waals surface area (Å²) in [5, 5.41) is 4.23. The van der Waals surface area contributed by atoms with Gasteiger partial charge in [0.1, 0.15) is 0 Å². The summed E-state index contributed by atoms with van der Waals surface area (Å²) in [6, 6.07) is 1.94. The normalized spacial score (nSPS) is 20.7. The number of likely N-dealkylation sites (tertiary alicyclic amines) is 1.